The first-order chi connectivity index (χ1) is 26.3. The summed E-state index contributed by atoms with van der Waals surface area (Å²) in [5.41, 5.74) is 7.48. The summed E-state index contributed by atoms with van der Waals surface area (Å²) in [4.78, 5) is 9.08. The van der Waals surface area contributed by atoms with Gasteiger partial charge in [-0.3, -0.25) is 9.05 Å². The van der Waals surface area contributed by atoms with Crippen LogP contribution in [0.3, 0.4) is 0 Å². The molecule has 0 aliphatic rings. The van der Waals surface area contributed by atoms with Crippen LogP contribution < -0.4 is 5.73 Å². The fraction of sp³-hybridized carbons (Fsp3) is 1.00. The number of unbranched alkanes of at least 4 members (excludes halogenated alkanes) is 29. The van der Waals surface area contributed by atoms with E-state index in [1.54, 1.807) is 0 Å². The van der Waals surface area contributed by atoms with Gasteiger partial charge in [0.2, 0.25) is 0 Å². The molecular weight excluding hydrogens is 686 g/mol. The lowest BCUT2D eigenvalue weighted by Crippen LogP contribution is -2.47. The Morgan fingerprint density at radius 2 is 0.685 bits per heavy atom. The monoisotopic (exact) mass is 788 g/mol. The first-order valence-electron chi connectivity index (χ1n) is 24.7. The highest BCUT2D eigenvalue weighted by molar-refractivity contribution is 7.47. The lowest BCUT2D eigenvalue weighted by Gasteiger charge is -2.38. The van der Waals surface area contributed by atoms with E-state index >= 15 is 0 Å². The summed E-state index contributed by atoms with van der Waals surface area (Å²) in [5, 5.41) is 0. The van der Waals surface area contributed by atoms with Crippen LogP contribution in [0.1, 0.15) is 286 Å². The Morgan fingerprint density at radius 3 is 0.963 bits per heavy atom. The summed E-state index contributed by atoms with van der Waals surface area (Å²) in [6.45, 7) is 13.9. The number of phosphoric acid groups is 1. The van der Waals surface area contributed by atoms with E-state index in [2.05, 4.69) is 27.7 Å². The fourth-order valence-electron chi connectivity index (χ4n) is 7.88. The van der Waals surface area contributed by atoms with Crippen LogP contribution in [0.15, 0.2) is 0 Å². The van der Waals surface area contributed by atoms with Crippen molar-refractivity contribution in [2.75, 3.05) is 13.2 Å². The van der Waals surface area contributed by atoms with Crippen molar-refractivity contribution in [1.29, 1.82) is 0 Å². The van der Waals surface area contributed by atoms with Crippen molar-refractivity contribution in [2.45, 2.75) is 291 Å². The van der Waals surface area contributed by atoms with Gasteiger partial charge in [-0.1, -0.05) is 253 Å². The Morgan fingerprint density at radius 1 is 0.426 bits per heavy atom. The summed E-state index contributed by atoms with van der Waals surface area (Å²) in [6.07, 6.45) is 51.4. The lowest BCUT2D eigenvalue weighted by molar-refractivity contribution is 0.146. The molecule has 0 amide bonds. The minimum absolute atomic E-state index is 0.0916. The summed E-state index contributed by atoms with van der Waals surface area (Å²) in [5.74, 6) is 0.730. The normalized spacial score (nSPS) is 12.6. The molecule has 328 valence electrons. The van der Waals surface area contributed by atoms with Gasteiger partial charge in [0.15, 0.2) is 0 Å². The first-order valence-corrected chi connectivity index (χ1v) is 26.2. The van der Waals surface area contributed by atoms with E-state index in [9.17, 15) is 4.57 Å². The SMILES string of the molecule is CCCCCCCCCCCCC(CC)C(N)(CCCCCCCCCCCC)CCCCCCCCCCCC.CCCCOP(=O)(O)OCCCC. The number of phosphoric ester groups is 1. The third-order valence-corrected chi connectivity index (χ3v) is 12.7. The molecule has 0 aliphatic carbocycles. The van der Waals surface area contributed by atoms with Gasteiger partial charge in [-0.2, -0.15) is 0 Å². The molecule has 0 spiro atoms. The topological polar surface area (TPSA) is 81.8 Å². The molecule has 0 saturated heterocycles. The smallest absolute Gasteiger partial charge is 0.325 e. The van der Waals surface area contributed by atoms with Gasteiger partial charge in [-0.15, -0.1) is 0 Å². The van der Waals surface area contributed by atoms with Gasteiger partial charge in [0.05, 0.1) is 13.2 Å². The molecule has 5 nitrogen and oxygen atoms in total. The van der Waals surface area contributed by atoms with Crippen molar-refractivity contribution in [2.24, 2.45) is 11.7 Å². The first kappa shape index (κ1) is 56.2. The molecule has 0 fully saturated rings. The largest absolute Gasteiger partial charge is 0.472 e. The van der Waals surface area contributed by atoms with E-state index in [-0.39, 0.29) is 18.8 Å². The number of nitrogens with two attached hydrogens (primary N) is 1. The van der Waals surface area contributed by atoms with Crippen molar-refractivity contribution >= 4 is 7.82 Å². The molecule has 0 radical (unpaired) electrons. The van der Waals surface area contributed by atoms with Gasteiger partial charge in [-0.05, 0) is 38.0 Å². The van der Waals surface area contributed by atoms with Crippen LogP contribution in [0.25, 0.3) is 0 Å². The summed E-state index contributed by atoms with van der Waals surface area (Å²) < 4.78 is 20.5. The zero-order chi connectivity index (χ0) is 40.3. The maximum atomic E-state index is 11.1. The number of hydrogen-bond donors (Lipinski definition) is 2. The molecule has 0 saturated carbocycles. The Bertz CT molecular complexity index is 712. The van der Waals surface area contributed by atoms with Crippen molar-refractivity contribution in [3.05, 3.63) is 0 Å². The van der Waals surface area contributed by atoms with E-state index in [0.717, 1.165) is 31.6 Å². The molecule has 1 unspecified atom stereocenters. The molecule has 0 heterocycles. The summed E-state index contributed by atoms with van der Waals surface area (Å²) >= 11 is 0. The zero-order valence-electron chi connectivity index (χ0n) is 38.1. The van der Waals surface area contributed by atoms with Gasteiger partial charge in [0.1, 0.15) is 0 Å². The van der Waals surface area contributed by atoms with Crippen molar-refractivity contribution in [1.82, 2.24) is 0 Å². The molecular formula is C48H102NO4P. The van der Waals surface area contributed by atoms with Crippen molar-refractivity contribution < 1.29 is 18.5 Å². The molecule has 0 aromatic carbocycles. The molecule has 3 N–H and O–H groups in total. The lowest BCUT2D eigenvalue weighted by atomic mass is 9.73. The van der Waals surface area contributed by atoms with Crippen LogP contribution in [0, 0.1) is 5.92 Å². The number of hydrogen-bond acceptors (Lipinski definition) is 4. The molecule has 0 aromatic heterocycles. The molecule has 54 heavy (non-hydrogen) atoms. The second kappa shape index (κ2) is 44.2. The van der Waals surface area contributed by atoms with E-state index in [0.29, 0.717) is 0 Å². The van der Waals surface area contributed by atoms with Gasteiger partial charge in [0.25, 0.3) is 0 Å². The predicted octanol–water partition coefficient (Wildman–Crippen LogP) is 17.4. The predicted molar refractivity (Wildman–Crippen MR) is 242 cm³/mol. The zero-order valence-corrected chi connectivity index (χ0v) is 39.0. The average Bonchev–Trinajstić information content (AvgIpc) is 3.16. The number of rotatable bonds is 43. The molecule has 0 aliphatic heterocycles. The molecule has 0 rings (SSSR count). The van der Waals surface area contributed by atoms with Gasteiger partial charge in [-0.25, -0.2) is 4.57 Å². The Balaban J connectivity index is 0. The Hall–Kier alpha value is 0.0700. The standard InChI is InChI=1S/C40H83N.C8H19O4P/c1-5-9-12-15-18-21-24-27-30-33-36-39(8-4)40(41,37-34-31-28-25-22-19-16-13-10-6-2)38-35-32-29-26-23-20-17-14-11-7-3;1-3-5-7-11-13(9,10)12-8-6-4-2/h39H,5-38,41H2,1-4H3;3-8H2,1-2H3,(H,9,10). The highest BCUT2D eigenvalue weighted by atomic mass is 31.2. The van der Waals surface area contributed by atoms with Crippen LogP contribution in [0.5, 0.6) is 0 Å². The van der Waals surface area contributed by atoms with E-state index in [1.807, 2.05) is 13.8 Å². The fourth-order valence-corrected chi connectivity index (χ4v) is 8.67. The van der Waals surface area contributed by atoms with E-state index in [4.69, 9.17) is 19.7 Å². The molecule has 0 bridgehead atoms. The summed E-state index contributed by atoms with van der Waals surface area (Å²) in [6, 6.07) is 0. The Kier molecular flexibility index (Phi) is 46.0. The average molecular weight is 788 g/mol. The van der Waals surface area contributed by atoms with Gasteiger partial charge in [0, 0.05) is 5.54 Å². The quantitative estimate of drug-likeness (QED) is 0.0475. The second-order valence-electron chi connectivity index (χ2n) is 17.0. The maximum absolute atomic E-state index is 11.1. The maximum Gasteiger partial charge on any atom is 0.472 e. The molecule has 0 aromatic rings. The minimum Gasteiger partial charge on any atom is -0.325 e. The highest BCUT2D eigenvalue weighted by Gasteiger charge is 2.32. The van der Waals surface area contributed by atoms with Crippen LogP contribution in [-0.4, -0.2) is 23.6 Å². The van der Waals surface area contributed by atoms with Gasteiger partial charge < -0.3 is 10.6 Å². The summed E-state index contributed by atoms with van der Waals surface area (Å²) in [7, 11) is -3.75. The van der Waals surface area contributed by atoms with Crippen LogP contribution in [0.4, 0.5) is 0 Å². The molecule has 1 atom stereocenters. The van der Waals surface area contributed by atoms with Crippen LogP contribution >= 0.6 is 7.82 Å². The minimum atomic E-state index is -3.75. The van der Waals surface area contributed by atoms with Gasteiger partial charge >= 0.3 is 7.82 Å². The molecule has 6 heteroatoms. The third kappa shape index (κ3) is 40.3. The third-order valence-electron chi connectivity index (χ3n) is 11.7. The van der Waals surface area contributed by atoms with Crippen LogP contribution in [0.2, 0.25) is 0 Å². The van der Waals surface area contributed by atoms with E-state index in [1.165, 1.54) is 218 Å². The van der Waals surface area contributed by atoms with E-state index < -0.39 is 7.82 Å². The highest BCUT2D eigenvalue weighted by Crippen LogP contribution is 2.43. The Labute approximate surface area is 341 Å². The second-order valence-corrected chi connectivity index (χ2v) is 18.5. The van der Waals surface area contributed by atoms with Crippen molar-refractivity contribution in [3.63, 3.8) is 0 Å². The van der Waals surface area contributed by atoms with Crippen molar-refractivity contribution in [3.8, 4) is 0 Å². The van der Waals surface area contributed by atoms with Crippen LogP contribution in [-0.2, 0) is 13.6 Å².